The molecule has 0 spiro atoms. The Hall–Kier alpha value is -0.710. The molecule has 0 bridgehead atoms. The van der Waals surface area contributed by atoms with E-state index in [-0.39, 0.29) is 18.8 Å². The lowest BCUT2D eigenvalue weighted by molar-refractivity contribution is -0.0432. The second-order valence-corrected chi connectivity index (χ2v) is 5.06. The second-order valence-electron chi connectivity index (χ2n) is 4.15. The fraction of sp³-hybridized carbons (Fsp3) is 0.545. The summed E-state index contributed by atoms with van der Waals surface area (Å²) in [6, 6.07) is 2.89. The molecule has 1 aliphatic carbocycles. The van der Waals surface area contributed by atoms with Crippen molar-refractivity contribution in [2.45, 2.75) is 37.5 Å². The van der Waals surface area contributed by atoms with Crippen molar-refractivity contribution in [3.63, 3.8) is 0 Å². The van der Waals surface area contributed by atoms with Crippen molar-refractivity contribution in [3.8, 4) is 0 Å². The Morgan fingerprint density at radius 1 is 1.44 bits per heavy atom. The van der Waals surface area contributed by atoms with Gasteiger partial charge in [-0.2, -0.15) is 0 Å². The van der Waals surface area contributed by atoms with Gasteiger partial charge in [0.05, 0.1) is 0 Å². The van der Waals surface area contributed by atoms with Crippen molar-refractivity contribution in [3.05, 3.63) is 32.8 Å². The minimum absolute atomic E-state index is 0.0677. The predicted molar refractivity (Wildman–Crippen MR) is 58.8 cm³/mol. The van der Waals surface area contributed by atoms with Crippen LogP contribution in [0.25, 0.3) is 0 Å². The molecule has 1 unspecified atom stereocenters. The van der Waals surface area contributed by atoms with E-state index in [1.165, 1.54) is 6.07 Å². The fourth-order valence-corrected chi connectivity index (χ4v) is 2.49. The fourth-order valence-electron chi connectivity index (χ4n) is 2.08. The number of halogens is 3. The maximum absolute atomic E-state index is 13.2. The van der Waals surface area contributed by atoms with Gasteiger partial charge in [0.1, 0.15) is 5.76 Å². The molecule has 1 heterocycles. The van der Waals surface area contributed by atoms with Gasteiger partial charge < -0.3 is 4.42 Å². The summed E-state index contributed by atoms with van der Waals surface area (Å²) in [4.78, 5) is 11.1. The van der Waals surface area contributed by atoms with Crippen LogP contribution in [0.3, 0.4) is 0 Å². The summed E-state index contributed by atoms with van der Waals surface area (Å²) in [6.07, 6.45) is 0.816. The first-order valence-electron chi connectivity index (χ1n) is 5.15. The van der Waals surface area contributed by atoms with Crippen molar-refractivity contribution in [2.75, 3.05) is 0 Å². The molecule has 88 valence electrons. The normalized spacial score (nSPS) is 24.3. The van der Waals surface area contributed by atoms with Crippen LogP contribution in [0.5, 0.6) is 0 Å². The van der Waals surface area contributed by atoms with Crippen LogP contribution < -0.4 is 5.63 Å². The molecule has 0 aliphatic heterocycles. The van der Waals surface area contributed by atoms with Crippen LogP contribution in [0.2, 0.25) is 0 Å². The predicted octanol–water partition coefficient (Wildman–Crippen LogP) is 3.70. The van der Waals surface area contributed by atoms with Crippen molar-refractivity contribution in [2.24, 2.45) is 0 Å². The first-order chi connectivity index (χ1) is 7.46. The van der Waals surface area contributed by atoms with Crippen LogP contribution in [0, 0.1) is 0 Å². The van der Waals surface area contributed by atoms with Gasteiger partial charge in [-0.15, -0.1) is 0 Å². The van der Waals surface area contributed by atoms with E-state index in [2.05, 4.69) is 15.9 Å². The lowest BCUT2D eigenvalue weighted by Gasteiger charge is -2.27. The quantitative estimate of drug-likeness (QED) is 0.790. The lowest BCUT2D eigenvalue weighted by Crippen LogP contribution is -2.25. The van der Waals surface area contributed by atoms with Crippen molar-refractivity contribution >= 4 is 15.9 Å². The molecule has 1 saturated carbocycles. The molecule has 5 heteroatoms. The first kappa shape index (κ1) is 11.8. The van der Waals surface area contributed by atoms with E-state index in [1.807, 2.05) is 0 Å². The maximum Gasteiger partial charge on any atom is 0.336 e. The highest BCUT2D eigenvalue weighted by molar-refractivity contribution is 9.10. The molecule has 0 N–H and O–H groups in total. The average molecular weight is 293 g/mol. The summed E-state index contributed by atoms with van der Waals surface area (Å²) in [5, 5.41) is 0. The summed E-state index contributed by atoms with van der Waals surface area (Å²) < 4.78 is 32.0. The standard InChI is InChI=1S/C11H11BrF2O2/c12-8-4-9(16-10(15)5-8)7-2-1-3-11(13,14)6-7/h4-5,7H,1-3,6H2. The number of hydrogen-bond donors (Lipinski definition) is 0. The molecule has 2 nitrogen and oxygen atoms in total. The van der Waals surface area contributed by atoms with Crippen molar-refractivity contribution < 1.29 is 13.2 Å². The van der Waals surface area contributed by atoms with Crippen LogP contribution >= 0.6 is 15.9 Å². The van der Waals surface area contributed by atoms with Crippen LogP contribution in [0.1, 0.15) is 37.4 Å². The average Bonchev–Trinajstić information content (AvgIpc) is 2.14. The highest BCUT2D eigenvalue weighted by atomic mass is 79.9. The summed E-state index contributed by atoms with van der Waals surface area (Å²) >= 11 is 3.16. The highest BCUT2D eigenvalue weighted by Crippen LogP contribution is 2.41. The Labute approximate surface area is 99.8 Å². The van der Waals surface area contributed by atoms with Gasteiger partial charge in [0.2, 0.25) is 5.92 Å². The Bertz CT molecular complexity index is 442. The molecule has 1 aromatic heterocycles. The Morgan fingerprint density at radius 3 is 2.81 bits per heavy atom. The Morgan fingerprint density at radius 2 is 2.19 bits per heavy atom. The van der Waals surface area contributed by atoms with Gasteiger partial charge in [-0.05, 0) is 18.9 Å². The third kappa shape index (κ3) is 2.70. The van der Waals surface area contributed by atoms with Crippen molar-refractivity contribution in [1.82, 2.24) is 0 Å². The molecular formula is C11H11BrF2O2. The van der Waals surface area contributed by atoms with E-state index in [0.29, 0.717) is 23.1 Å². The van der Waals surface area contributed by atoms with E-state index in [9.17, 15) is 13.6 Å². The van der Waals surface area contributed by atoms with Crippen LogP contribution in [-0.4, -0.2) is 5.92 Å². The molecule has 0 amide bonds. The van der Waals surface area contributed by atoms with Crippen molar-refractivity contribution in [1.29, 1.82) is 0 Å². The molecule has 0 radical (unpaired) electrons. The van der Waals surface area contributed by atoms with E-state index in [0.717, 1.165) is 0 Å². The number of hydrogen-bond acceptors (Lipinski definition) is 2. The molecule has 2 rings (SSSR count). The zero-order valence-electron chi connectivity index (χ0n) is 8.51. The smallest absolute Gasteiger partial charge is 0.336 e. The highest BCUT2D eigenvalue weighted by Gasteiger charge is 2.37. The van der Waals surface area contributed by atoms with E-state index < -0.39 is 11.5 Å². The second kappa shape index (κ2) is 4.28. The topological polar surface area (TPSA) is 30.2 Å². The van der Waals surface area contributed by atoms with Gasteiger partial charge in [-0.1, -0.05) is 15.9 Å². The van der Waals surface area contributed by atoms with Gasteiger partial charge >= 0.3 is 5.63 Å². The maximum atomic E-state index is 13.2. The molecule has 1 aliphatic rings. The van der Waals surface area contributed by atoms with Crippen LogP contribution in [-0.2, 0) is 0 Å². The van der Waals surface area contributed by atoms with Gasteiger partial charge in [-0.25, -0.2) is 13.6 Å². The zero-order valence-corrected chi connectivity index (χ0v) is 10.1. The summed E-state index contributed by atoms with van der Waals surface area (Å²) in [7, 11) is 0. The summed E-state index contributed by atoms with van der Waals surface area (Å²) in [5.74, 6) is -2.63. The molecule has 1 atom stereocenters. The molecule has 0 saturated heterocycles. The number of rotatable bonds is 1. The minimum Gasteiger partial charge on any atom is -0.428 e. The Balaban J connectivity index is 2.27. The van der Waals surface area contributed by atoms with Gasteiger partial charge in [0, 0.05) is 29.3 Å². The van der Waals surface area contributed by atoms with E-state index in [1.54, 1.807) is 6.07 Å². The first-order valence-corrected chi connectivity index (χ1v) is 5.94. The van der Waals surface area contributed by atoms with Crippen LogP contribution in [0.4, 0.5) is 8.78 Å². The minimum atomic E-state index is -2.64. The molecule has 0 aromatic carbocycles. The zero-order chi connectivity index (χ0) is 11.8. The Kier molecular flexibility index (Phi) is 3.15. The molecule has 1 aromatic rings. The third-order valence-electron chi connectivity index (χ3n) is 2.80. The molecule has 1 fully saturated rings. The largest absolute Gasteiger partial charge is 0.428 e. The lowest BCUT2D eigenvalue weighted by atomic mass is 9.85. The summed E-state index contributed by atoms with van der Waals surface area (Å²) in [6.45, 7) is 0. The van der Waals surface area contributed by atoms with E-state index >= 15 is 0 Å². The van der Waals surface area contributed by atoms with E-state index in [4.69, 9.17) is 4.42 Å². The van der Waals surface area contributed by atoms with Gasteiger partial charge in [-0.3, -0.25) is 0 Å². The van der Waals surface area contributed by atoms with Gasteiger partial charge in [0.15, 0.2) is 0 Å². The van der Waals surface area contributed by atoms with Gasteiger partial charge in [0.25, 0.3) is 0 Å². The number of alkyl halides is 2. The molecule has 16 heavy (non-hydrogen) atoms. The summed E-state index contributed by atoms with van der Waals surface area (Å²) in [5.41, 5.74) is -0.502. The molecular weight excluding hydrogens is 282 g/mol. The van der Waals surface area contributed by atoms with Crippen LogP contribution in [0.15, 0.2) is 25.8 Å². The SMILES string of the molecule is O=c1cc(Br)cc(C2CCCC(F)(F)C2)o1. The monoisotopic (exact) mass is 292 g/mol. The third-order valence-corrected chi connectivity index (χ3v) is 3.25.